The fraction of sp³-hybridized carbons (Fsp3) is 0.273. The average molecular weight is 236 g/mol. The van der Waals surface area contributed by atoms with E-state index < -0.39 is 11.6 Å². The van der Waals surface area contributed by atoms with Crippen LogP contribution in [0.25, 0.3) is 0 Å². The van der Waals surface area contributed by atoms with Gasteiger partial charge in [-0.25, -0.2) is 13.5 Å². The van der Waals surface area contributed by atoms with Gasteiger partial charge in [-0.1, -0.05) is 0 Å². The highest BCUT2D eigenvalue weighted by Gasteiger charge is 2.25. The molecule has 17 heavy (non-hydrogen) atoms. The van der Waals surface area contributed by atoms with Gasteiger partial charge in [0.2, 0.25) is 5.95 Å². The summed E-state index contributed by atoms with van der Waals surface area (Å²) in [6.45, 7) is 0.666. The highest BCUT2D eigenvalue weighted by Crippen LogP contribution is 2.29. The van der Waals surface area contributed by atoms with E-state index in [1.165, 1.54) is 12.4 Å². The van der Waals surface area contributed by atoms with Gasteiger partial charge in [-0.15, -0.1) is 0 Å². The standard InChI is InChI=1S/C11H10F2N4/c12-7-1-2-9(13)8(5-7)10-3-4-14-11-15-6-16-17(10)11/h1-2,5-6,10H,3-4H2,(H,14,15,16). The van der Waals surface area contributed by atoms with Crippen LogP contribution in [0.4, 0.5) is 14.7 Å². The number of hydrogen-bond donors (Lipinski definition) is 1. The number of aromatic nitrogens is 3. The van der Waals surface area contributed by atoms with Crippen LogP contribution in [0.3, 0.4) is 0 Å². The van der Waals surface area contributed by atoms with E-state index >= 15 is 0 Å². The van der Waals surface area contributed by atoms with Crippen molar-refractivity contribution in [3.8, 4) is 0 Å². The van der Waals surface area contributed by atoms with Gasteiger partial charge >= 0.3 is 0 Å². The third kappa shape index (κ3) is 1.65. The first-order chi connectivity index (χ1) is 8.25. The van der Waals surface area contributed by atoms with Crippen LogP contribution in [-0.4, -0.2) is 21.3 Å². The second-order valence-electron chi connectivity index (χ2n) is 3.93. The van der Waals surface area contributed by atoms with E-state index in [0.717, 1.165) is 12.1 Å². The average Bonchev–Trinajstić information content (AvgIpc) is 2.80. The van der Waals surface area contributed by atoms with E-state index in [1.807, 2.05) is 0 Å². The molecule has 1 aliphatic rings. The van der Waals surface area contributed by atoms with E-state index in [4.69, 9.17) is 0 Å². The van der Waals surface area contributed by atoms with Gasteiger partial charge in [0.1, 0.15) is 18.0 Å². The summed E-state index contributed by atoms with van der Waals surface area (Å²) in [6, 6.07) is 3.17. The summed E-state index contributed by atoms with van der Waals surface area (Å²) in [4.78, 5) is 4.01. The lowest BCUT2D eigenvalue weighted by atomic mass is 10.0. The van der Waals surface area contributed by atoms with Crippen molar-refractivity contribution in [3.63, 3.8) is 0 Å². The molecule has 1 aromatic carbocycles. The zero-order valence-corrected chi connectivity index (χ0v) is 8.90. The number of fused-ring (bicyclic) bond motifs is 1. The molecule has 88 valence electrons. The van der Waals surface area contributed by atoms with Crippen molar-refractivity contribution >= 4 is 5.95 Å². The summed E-state index contributed by atoms with van der Waals surface area (Å²) >= 11 is 0. The topological polar surface area (TPSA) is 42.7 Å². The maximum Gasteiger partial charge on any atom is 0.221 e. The van der Waals surface area contributed by atoms with Crippen LogP contribution in [0.2, 0.25) is 0 Å². The molecule has 4 nitrogen and oxygen atoms in total. The maximum absolute atomic E-state index is 13.7. The predicted octanol–water partition coefficient (Wildman–Crippen LogP) is 1.96. The molecule has 3 rings (SSSR count). The quantitative estimate of drug-likeness (QED) is 0.823. The van der Waals surface area contributed by atoms with Crippen LogP contribution in [0, 0.1) is 11.6 Å². The van der Waals surface area contributed by atoms with Gasteiger partial charge in [-0.3, -0.25) is 0 Å². The predicted molar refractivity (Wildman–Crippen MR) is 57.6 cm³/mol. The van der Waals surface area contributed by atoms with Gasteiger partial charge in [0, 0.05) is 12.1 Å². The van der Waals surface area contributed by atoms with Crippen LogP contribution < -0.4 is 5.32 Å². The number of nitrogens with zero attached hydrogens (tertiary/aromatic N) is 3. The summed E-state index contributed by atoms with van der Waals surface area (Å²) in [6.07, 6.45) is 2.05. The first-order valence-electron chi connectivity index (χ1n) is 5.34. The lowest BCUT2D eigenvalue weighted by molar-refractivity contribution is 0.453. The van der Waals surface area contributed by atoms with Crippen LogP contribution in [-0.2, 0) is 0 Å². The molecule has 2 heterocycles. The Kier molecular flexibility index (Phi) is 2.28. The first kappa shape index (κ1) is 10.2. The molecular weight excluding hydrogens is 226 g/mol. The lowest BCUT2D eigenvalue weighted by Crippen LogP contribution is -2.25. The molecule has 0 bridgehead atoms. The molecule has 6 heteroatoms. The molecule has 2 aromatic rings. The molecule has 0 saturated heterocycles. The zero-order chi connectivity index (χ0) is 11.8. The largest absolute Gasteiger partial charge is 0.354 e. The van der Waals surface area contributed by atoms with Crippen LogP contribution >= 0.6 is 0 Å². The third-order valence-electron chi connectivity index (χ3n) is 2.89. The molecule has 1 aromatic heterocycles. The molecule has 1 atom stereocenters. The van der Waals surface area contributed by atoms with Gasteiger partial charge in [0.05, 0.1) is 6.04 Å². The molecule has 0 amide bonds. The number of rotatable bonds is 1. The molecule has 1 N–H and O–H groups in total. The summed E-state index contributed by atoms with van der Waals surface area (Å²) in [5.74, 6) is -0.272. The molecule has 0 saturated carbocycles. The maximum atomic E-state index is 13.7. The van der Waals surface area contributed by atoms with E-state index in [2.05, 4.69) is 15.4 Å². The monoisotopic (exact) mass is 236 g/mol. The third-order valence-corrected chi connectivity index (χ3v) is 2.89. The minimum atomic E-state index is -0.443. The van der Waals surface area contributed by atoms with Crippen LogP contribution in [0.1, 0.15) is 18.0 Å². The van der Waals surface area contributed by atoms with Crippen molar-refractivity contribution in [1.82, 2.24) is 14.8 Å². The number of benzene rings is 1. The molecule has 0 fully saturated rings. The summed E-state index contributed by atoms with van der Waals surface area (Å²) in [7, 11) is 0. The highest BCUT2D eigenvalue weighted by molar-refractivity contribution is 5.32. The van der Waals surface area contributed by atoms with Crippen molar-refractivity contribution in [2.45, 2.75) is 12.5 Å². The SMILES string of the molecule is Fc1ccc(F)c(C2CCNc3ncnn32)c1. The molecule has 0 radical (unpaired) electrons. The van der Waals surface area contributed by atoms with Gasteiger partial charge in [-0.2, -0.15) is 10.1 Å². The Morgan fingerprint density at radius 2 is 2.24 bits per heavy atom. The van der Waals surface area contributed by atoms with Crippen molar-refractivity contribution in [3.05, 3.63) is 41.7 Å². The Morgan fingerprint density at radius 1 is 1.35 bits per heavy atom. The molecule has 1 aliphatic heterocycles. The zero-order valence-electron chi connectivity index (χ0n) is 8.90. The Bertz CT molecular complexity index is 552. The van der Waals surface area contributed by atoms with Gasteiger partial charge in [0.25, 0.3) is 0 Å². The van der Waals surface area contributed by atoms with Crippen molar-refractivity contribution < 1.29 is 8.78 Å². The normalized spacial score (nSPS) is 18.6. The summed E-state index contributed by atoms with van der Waals surface area (Å²) < 4.78 is 28.5. The summed E-state index contributed by atoms with van der Waals surface area (Å²) in [5.41, 5.74) is 0.318. The van der Waals surface area contributed by atoms with E-state index in [-0.39, 0.29) is 6.04 Å². The minimum Gasteiger partial charge on any atom is -0.354 e. The Hall–Kier alpha value is -1.98. The minimum absolute atomic E-state index is 0.301. The number of anilines is 1. The van der Waals surface area contributed by atoms with Gasteiger partial charge in [-0.05, 0) is 24.6 Å². The Morgan fingerprint density at radius 3 is 3.12 bits per heavy atom. The van der Waals surface area contributed by atoms with Crippen LogP contribution in [0.15, 0.2) is 24.5 Å². The smallest absolute Gasteiger partial charge is 0.221 e. The second-order valence-corrected chi connectivity index (χ2v) is 3.93. The van der Waals surface area contributed by atoms with Crippen LogP contribution in [0.5, 0.6) is 0 Å². The first-order valence-corrected chi connectivity index (χ1v) is 5.34. The van der Waals surface area contributed by atoms with E-state index in [9.17, 15) is 8.78 Å². The van der Waals surface area contributed by atoms with Gasteiger partial charge < -0.3 is 5.32 Å². The lowest BCUT2D eigenvalue weighted by Gasteiger charge is -2.25. The van der Waals surface area contributed by atoms with Crippen molar-refractivity contribution in [1.29, 1.82) is 0 Å². The van der Waals surface area contributed by atoms with Crippen molar-refractivity contribution in [2.75, 3.05) is 11.9 Å². The number of nitrogens with one attached hydrogen (secondary N) is 1. The Balaban J connectivity index is 2.09. The molecule has 0 spiro atoms. The number of hydrogen-bond acceptors (Lipinski definition) is 3. The molecular formula is C11H10F2N4. The fourth-order valence-electron chi connectivity index (χ4n) is 2.10. The summed E-state index contributed by atoms with van der Waals surface area (Å²) in [5, 5.41) is 7.09. The van der Waals surface area contributed by atoms with E-state index in [1.54, 1.807) is 4.68 Å². The Labute approximate surface area is 96.3 Å². The highest BCUT2D eigenvalue weighted by atomic mass is 19.1. The molecule has 1 unspecified atom stereocenters. The molecule has 0 aliphatic carbocycles. The fourth-order valence-corrected chi connectivity index (χ4v) is 2.10. The van der Waals surface area contributed by atoms with E-state index in [0.29, 0.717) is 24.5 Å². The van der Waals surface area contributed by atoms with Crippen molar-refractivity contribution in [2.24, 2.45) is 0 Å². The second kappa shape index (κ2) is 3.80. The number of halogens is 2. The van der Waals surface area contributed by atoms with Gasteiger partial charge in [0.15, 0.2) is 0 Å².